The monoisotopic (exact) mass is 263 g/mol. The molecule has 94 valence electrons. The fourth-order valence-corrected chi connectivity index (χ4v) is 1.90. The molecule has 0 aliphatic heterocycles. The van der Waals surface area contributed by atoms with Crippen molar-refractivity contribution in [1.82, 2.24) is 14.1 Å². The van der Waals surface area contributed by atoms with Crippen LogP contribution in [0.25, 0.3) is 0 Å². The number of carbonyl (C=O) groups is 1. The minimum atomic E-state index is -0.198. The molecule has 0 atom stereocenters. The van der Waals surface area contributed by atoms with Crippen molar-refractivity contribution in [3.05, 3.63) is 47.3 Å². The van der Waals surface area contributed by atoms with Crippen LogP contribution in [-0.4, -0.2) is 26.3 Å². The first kappa shape index (κ1) is 12.7. The van der Waals surface area contributed by atoms with Crippen LogP contribution >= 0.6 is 11.7 Å². The second-order valence-electron chi connectivity index (χ2n) is 3.77. The van der Waals surface area contributed by atoms with Crippen LogP contribution in [0.3, 0.4) is 0 Å². The number of benzene rings is 1. The van der Waals surface area contributed by atoms with Gasteiger partial charge in [0.1, 0.15) is 0 Å². The molecule has 2 N–H and O–H groups in total. The van der Waals surface area contributed by atoms with E-state index in [0.29, 0.717) is 12.2 Å². The molecule has 0 spiro atoms. The van der Waals surface area contributed by atoms with E-state index in [1.54, 1.807) is 0 Å². The smallest absolute Gasteiger partial charge is 0.272 e. The highest BCUT2D eigenvalue weighted by molar-refractivity contribution is 6.99. The van der Waals surface area contributed by atoms with E-state index in [-0.39, 0.29) is 12.5 Å². The summed E-state index contributed by atoms with van der Waals surface area (Å²) in [7, 11) is 0. The average molecular weight is 263 g/mol. The predicted molar refractivity (Wildman–Crippen MR) is 68.3 cm³/mol. The van der Waals surface area contributed by atoms with Crippen molar-refractivity contribution < 1.29 is 9.90 Å². The molecule has 1 amide bonds. The third kappa shape index (κ3) is 3.35. The lowest BCUT2D eigenvalue weighted by atomic mass is 10.1. The van der Waals surface area contributed by atoms with Crippen molar-refractivity contribution in [1.29, 1.82) is 0 Å². The lowest BCUT2D eigenvalue weighted by molar-refractivity contribution is 0.0950. The summed E-state index contributed by atoms with van der Waals surface area (Å²) in [6, 6.07) is 7.65. The van der Waals surface area contributed by atoms with Crippen LogP contribution in [0.5, 0.6) is 0 Å². The van der Waals surface area contributed by atoms with Crippen molar-refractivity contribution in [2.45, 2.75) is 13.0 Å². The van der Waals surface area contributed by atoms with E-state index in [1.807, 2.05) is 24.3 Å². The molecular weight excluding hydrogens is 250 g/mol. The number of aliphatic hydroxyl groups is 1. The van der Waals surface area contributed by atoms with Gasteiger partial charge in [-0.25, -0.2) is 0 Å². The summed E-state index contributed by atoms with van der Waals surface area (Å²) >= 11 is 1.02. The summed E-state index contributed by atoms with van der Waals surface area (Å²) in [6.45, 7) is 0.600. The molecule has 6 heteroatoms. The molecule has 1 aromatic carbocycles. The number of aliphatic hydroxyl groups excluding tert-OH is 1. The first-order chi connectivity index (χ1) is 8.79. The summed E-state index contributed by atoms with van der Waals surface area (Å²) in [5.41, 5.74) is 2.36. The minimum Gasteiger partial charge on any atom is -0.392 e. The van der Waals surface area contributed by atoms with E-state index in [2.05, 4.69) is 14.1 Å². The van der Waals surface area contributed by atoms with Gasteiger partial charge in [0.2, 0.25) is 0 Å². The van der Waals surface area contributed by atoms with Crippen LogP contribution in [0.4, 0.5) is 0 Å². The molecular formula is C12H13N3O2S. The van der Waals surface area contributed by atoms with Gasteiger partial charge in [-0.3, -0.25) is 4.79 Å². The standard InChI is InChI=1S/C12H13N3O2S/c16-8-10-3-1-9(2-4-10)5-6-13-12(17)11-7-14-18-15-11/h1-4,7,16H,5-6,8H2,(H,13,17). The zero-order valence-corrected chi connectivity index (χ0v) is 10.5. The molecule has 0 aliphatic carbocycles. The Hall–Kier alpha value is -1.79. The lowest BCUT2D eigenvalue weighted by Crippen LogP contribution is -2.25. The molecule has 2 aromatic rings. The molecule has 2 rings (SSSR count). The maximum absolute atomic E-state index is 11.6. The number of amides is 1. The van der Waals surface area contributed by atoms with Gasteiger partial charge in [0.25, 0.3) is 5.91 Å². The molecule has 0 radical (unpaired) electrons. The summed E-state index contributed by atoms with van der Waals surface area (Å²) < 4.78 is 7.63. The van der Waals surface area contributed by atoms with Gasteiger partial charge in [0, 0.05) is 6.54 Å². The van der Waals surface area contributed by atoms with Gasteiger partial charge in [-0.15, -0.1) is 0 Å². The van der Waals surface area contributed by atoms with Gasteiger partial charge in [-0.05, 0) is 17.5 Å². The highest BCUT2D eigenvalue weighted by atomic mass is 32.1. The van der Waals surface area contributed by atoms with E-state index in [1.165, 1.54) is 6.20 Å². The zero-order valence-electron chi connectivity index (χ0n) is 9.67. The number of hydrogen-bond donors (Lipinski definition) is 2. The number of rotatable bonds is 5. The molecule has 1 aromatic heterocycles. The summed E-state index contributed by atoms with van der Waals surface area (Å²) in [5, 5.41) is 11.7. The molecule has 0 saturated carbocycles. The van der Waals surface area contributed by atoms with Crippen molar-refractivity contribution in [2.75, 3.05) is 6.54 Å². The van der Waals surface area contributed by atoms with E-state index >= 15 is 0 Å². The molecule has 0 fully saturated rings. The van der Waals surface area contributed by atoms with E-state index in [9.17, 15) is 4.79 Å². The van der Waals surface area contributed by atoms with Gasteiger partial charge in [-0.2, -0.15) is 8.75 Å². The summed E-state index contributed by atoms with van der Waals surface area (Å²) in [5.74, 6) is -0.198. The number of carbonyl (C=O) groups excluding carboxylic acids is 1. The first-order valence-electron chi connectivity index (χ1n) is 5.54. The average Bonchev–Trinajstić information content (AvgIpc) is 2.93. The number of hydrogen-bond acceptors (Lipinski definition) is 5. The highest BCUT2D eigenvalue weighted by Crippen LogP contribution is 2.04. The van der Waals surface area contributed by atoms with E-state index in [4.69, 9.17) is 5.11 Å². The Bertz CT molecular complexity index is 497. The second-order valence-corrected chi connectivity index (χ2v) is 4.33. The third-order valence-electron chi connectivity index (χ3n) is 2.50. The van der Waals surface area contributed by atoms with Crippen LogP contribution < -0.4 is 5.32 Å². The largest absolute Gasteiger partial charge is 0.392 e. The van der Waals surface area contributed by atoms with Crippen molar-refractivity contribution in [3.8, 4) is 0 Å². The Balaban J connectivity index is 1.79. The number of aromatic nitrogens is 2. The molecule has 0 saturated heterocycles. The number of nitrogens with zero attached hydrogens (tertiary/aromatic N) is 2. The first-order valence-corrected chi connectivity index (χ1v) is 6.27. The Labute approximate surface area is 109 Å². The van der Waals surface area contributed by atoms with Gasteiger partial charge >= 0.3 is 0 Å². The molecule has 0 unspecified atom stereocenters. The highest BCUT2D eigenvalue weighted by Gasteiger charge is 2.07. The minimum absolute atomic E-state index is 0.0494. The van der Waals surface area contributed by atoms with Gasteiger partial charge < -0.3 is 10.4 Å². The van der Waals surface area contributed by atoms with Crippen LogP contribution in [0.2, 0.25) is 0 Å². The van der Waals surface area contributed by atoms with Crippen molar-refractivity contribution in [3.63, 3.8) is 0 Å². The van der Waals surface area contributed by atoms with Gasteiger partial charge in [0.05, 0.1) is 24.5 Å². The summed E-state index contributed by atoms with van der Waals surface area (Å²) in [4.78, 5) is 11.6. The second kappa shape index (κ2) is 6.23. The Morgan fingerprint density at radius 2 is 2.00 bits per heavy atom. The zero-order chi connectivity index (χ0) is 12.8. The predicted octanol–water partition coefficient (Wildman–Crippen LogP) is 1.00. The normalized spacial score (nSPS) is 10.3. The van der Waals surface area contributed by atoms with Gasteiger partial charge in [0.15, 0.2) is 5.69 Å². The summed E-state index contributed by atoms with van der Waals surface area (Å²) in [6.07, 6.45) is 2.20. The van der Waals surface area contributed by atoms with Crippen LogP contribution in [-0.2, 0) is 13.0 Å². The van der Waals surface area contributed by atoms with Crippen LogP contribution in [0.1, 0.15) is 21.6 Å². The fraction of sp³-hybridized carbons (Fsp3) is 0.250. The fourth-order valence-electron chi connectivity index (χ4n) is 1.49. The molecule has 18 heavy (non-hydrogen) atoms. The van der Waals surface area contributed by atoms with Crippen molar-refractivity contribution in [2.24, 2.45) is 0 Å². The third-order valence-corrected chi connectivity index (χ3v) is 2.98. The SMILES string of the molecule is O=C(NCCc1ccc(CO)cc1)c1cnsn1. The van der Waals surface area contributed by atoms with Gasteiger partial charge in [-0.1, -0.05) is 24.3 Å². The van der Waals surface area contributed by atoms with Crippen LogP contribution in [0.15, 0.2) is 30.5 Å². The van der Waals surface area contributed by atoms with Crippen LogP contribution in [0, 0.1) is 0 Å². The van der Waals surface area contributed by atoms with E-state index < -0.39 is 0 Å². The Morgan fingerprint density at radius 3 is 2.61 bits per heavy atom. The van der Waals surface area contributed by atoms with E-state index in [0.717, 1.165) is 29.3 Å². The van der Waals surface area contributed by atoms with Crippen molar-refractivity contribution >= 4 is 17.6 Å². The lowest BCUT2D eigenvalue weighted by Gasteiger charge is -2.04. The molecule has 5 nitrogen and oxygen atoms in total. The molecule has 1 heterocycles. The Kier molecular flexibility index (Phi) is 4.38. The Morgan fingerprint density at radius 1 is 1.28 bits per heavy atom. The molecule has 0 aliphatic rings. The topological polar surface area (TPSA) is 75.1 Å². The number of nitrogens with one attached hydrogen (secondary N) is 1. The quantitative estimate of drug-likeness (QED) is 0.844. The molecule has 0 bridgehead atoms. The maximum Gasteiger partial charge on any atom is 0.272 e. The maximum atomic E-state index is 11.6.